The van der Waals surface area contributed by atoms with Gasteiger partial charge in [-0.3, -0.25) is 4.98 Å². The molecule has 0 N–H and O–H groups in total. The van der Waals surface area contributed by atoms with E-state index in [-0.39, 0.29) is 0 Å². The zero-order chi connectivity index (χ0) is 24.8. The fraction of sp³-hybridized carbons (Fsp3) is 0.0278. The van der Waals surface area contributed by atoms with E-state index in [1.165, 1.54) is 71.3 Å². The van der Waals surface area contributed by atoms with Crippen molar-refractivity contribution in [1.29, 1.82) is 0 Å². The molecule has 0 amide bonds. The van der Waals surface area contributed by atoms with Crippen molar-refractivity contribution in [2.24, 2.45) is 0 Å². The largest absolute Gasteiger partial charge is 0.264 e. The number of aromatic nitrogens is 1. The average Bonchev–Trinajstić information content (AvgIpc) is 2.96. The summed E-state index contributed by atoms with van der Waals surface area (Å²) in [5.41, 5.74) is 8.67. The highest BCUT2D eigenvalue weighted by Gasteiger charge is 2.17. The van der Waals surface area contributed by atoms with Gasteiger partial charge in [-0.05, 0) is 96.4 Å². The van der Waals surface area contributed by atoms with E-state index in [9.17, 15) is 0 Å². The molecule has 1 heteroatoms. The van der Waals surface area contributed by atoms with E-state index in [1.54, 1.807) is 0 Å². The van der Waals surface area contributed by atoms with Crippen molar-refractivity contribution >= 4 is 32.3 Å². The summed E-state index contributed by atoms with van der Waals surface area (Å²) in [6, 6.07) is 44.2. The molecule has 0 fully saturated rings. The molecule has 0 saturated carbocycles. The van der Waals surface area contributed by atoms with Crippen LogP contribution in [0.5, 0.6) is 0 Å². The summed E-state index contributed by atoms with van der Waals surface area (Å²) in [4.78, 5) is 4.29. The van der Waals surface area contributed by atoms with Gasteiger partial charge in [0.05, 0.1) is 0 Å². The molecule has 0 aliphatic carbocycles. The number of nitrogens with zero attached hydrogens (tertiary/aromatic N) is 1. The lowest BCUT2D eigenvalue weighted by atomic mass is 9.85. The number of aryl methyl sites for hydroxylation is 1. The van der Waals surface area contributed by atoms with Crippen LogP contribution >= 0.6 is 0 Å². The third-order valence-corrected chi connectivity index (χ3v) is 7.45. The summed E-state index contributed by atoms with van der Waals surface area (Å²) in [5, 5.41) is 7.62. The van der Waals surface area contributed by atoms with Crippen molar-refractivity contribution in [3.8, 4) is 33.4 Å². The molecule has 1 nitrogen and oxygen atoms in total. The Morgan fingerprint density at radius 2 is 1.03 bits per heavy atom. The second kappa shape index (κ2) is 8.72. The molecule has 6 aromatic carbocycles. The van der Waals surface area contributed by atoms with Gasteiger partial charge < -0.3 is 0 Å². The molecular weight excluding hydrogens is 446 g/mol. The fourth-order valence-electron chi connectivity index (χ4n) is 5.73. The lowest BCUT2D eigenvalue weighted by Crippen LogP contribution is -1.91. The predicted octanol–water partition coefficient (Wildman–Crippen LogP) is 9.85. The highest BCUT2D eigenvalue weighted by molar-refractivity contribution is 6.21. The Bertz CT molecular complexity index is 1890. The van der Waals surface area contributed by atoms with Crippen LogP contribution in [0.4, 0.5) is 0 Å². The number of fused-ring (bicyclic) bond motifs is 3. The van der Waals surface area contributed by atoms with E-state index in [4.69, 9.17) is 0 Å². The Kier molecular flexibility index (Phi) is 5.08. The molecule has 37 heavy (non-hydrogen) atoms. The topological polar surface area (TPSA) is 12.9 Å². The maximum Gasteiger partial charge on any atom is 0.0303 e. The predicted molar refractivity (Wildman–Crippen MR) is 158 cm³/mol. The van der Waals surface area contributed by atoms with Crippen molar-refractivity contribution in [3.05, 3.63) is 139 Å². The smallest absolute Gasteiger partial charge is 0.0303 e. The summed E-state index contributed by atoms with van der Waals surface area (Å²) in [5.74, 6) is 0. The zero-order valence-electron chi connectivity index (χ0n) is 20.6. The van der Waals surface area contributed by atoms with E-state index in [2.05, 4.69) is 133 Å². The fourth-order valence-corrected chi connectivity index (χ4v) is 5.73. The number of pyridine rings is 1. The second-order valence-electron chi connectivity index (χ2n) is 9.67. The van der Waals surface area contributed by atoms with Crippen LogP contribution in [0.25, 0.3) is 65.7 Å². The molecule has 0 spiro atoms. The van der Waals surface area contributed by atoms with Crippen molar-refractivity contribution < 1.29 is 0 Å². The van der Waals surface area contributed by atoms with Crippen molar-refractivity contribution in [2.45, 2.75) is 6.92 Å². The minimum absolute atomic E-state index is 1.18. The summed E-state index contributed by atoms with van der Waals surface area (Å²) in [7, 11) is 0. The van der Waals surface area contributed by atoms with Gasteiger partial charge in [0.2, 0.25) is 0 Å². The maximum atomic E-state index is 4.29. The first-order chi connectivity index (χ1) is 18.3. The van der Waals surface area contributed by atoms with Crippen molar-refractivity contribution in [3.63, 3.8) is 0 Å². The molecule has 0 bridgehead atoms. The van der Waals surface area contributed by atoms with Gasteiger partial charge in [-0.25, -0.2) is 0 Å². The Labute approximate surface area is 216 Å². The molecule has 0 aliphatic heterocycles. The van der Waals surface area contributed by atoms with Gasteiger partial charge in [-0.1, -0.05) is 103 Å². The van der Waals surface area contributed by atoms with Gasteiger partial charge in [0.15, 0.2) is 0 Å². The van der Waals surface area contributed by atoms with Gasteiger partial charge in [0.1, 0.15) is 0 Å². The SMILES string of the molecule is Cc1cnccc1-c1cccc(-c2c3ccccc3c(-c3ccc4ccccc4c3)c3ccccc23)c1. The normalized spacial score (nSPS) is 11.4. The lowest BCUT2D eigenvalue weighted by Gasteiger charge is -2.18. The van der Waals surface area contributed by atoms with Gasteiger partial charge in [-0.2, -0.15) is 0 Å². The number of hydrogen-bond acceptors (Lipinski definition) is 1. The van der Waals surface area contributed by atoms with Crippen LogP contribution in [0.3, 0.4) is 0 Å². The molecule has 1 heterocycles. The standard InChI is InChI=1S/C36H25N/c1-24-23-37-20-19-30(24)27-11-8-12-28(22-27)35-31-13-4-6-15-33(31)36(34-16-7-5-14-32(34)35)29-18-17-25-9-2-3-10-26(25)21-29/h2-23H,1H3. The van der Waals surface area contributed by atoms with E-state index in [0.29, 0.717) is 0 Å². The highest BCUT2D eigenvalue weighted by atomic mass is 14.6. The highest BCUT2D eigenvalue weighted by Crippen LogP contribution is 2.44. The van der Waals surface area contributed by atoms with E-state index in [0.717, 1.165) is 0 Å². The zero-order valence-corrected chi connectivity index (χ0v) is 20.6. The van der Waals surface area contributed by atoms with Crippen LogP contribution in [-0.4, -0.2) is 4.98 Å². The van der Waals surface area contributed by atoms with Crippen LogP contribution in [-0.2, 0) is 0 Å². The Hall–Kier alpha value is -4.75. The van der Waals surface area contributed by atoms with Crippen LogP contribution in [0.1, 0.15) is 5.56 Å². The Balaban J connectivity index is 1.55. The number of rotatable bonds is 3. The first-order valence-electron chi connectivity index (χ1n) is 12.7. The average molecular weight is 472 g/mol. The molecule has 7 aromatic rings. The van der Waals surface area contributed by atoms with Crippen LogP contribution in [0.15, 0.2) is 134 Å². The second-order valence-corrected chi connectivity index (χ2v) is 9.67. The third kappa shape index (κ3) is 3.59. The van der Waals surface area contributed by atoms with E-state index in [1.807, 2.05) is 12.4 Å². The summed E-state index contributed by atoms with van der Waals surface area (Å²) in [6.07, 6.45) is 3.81. The maximum absolute atomic E-state index is 4.29. The summed E-state index contributed by atoms with van der Waals surface area (Å²) in [6.45, 7) is 2.12. The van der Waals surface area contributed by atoms with Crippen LogP contribution < -0.4 is 0 Å². The quantitative estimate of drug-likeness (QED) is 0.234. The molecule has 0 aliphatic rings. The van der Waals surface area contributed by atoms with Crippen LogP contribution in [0.2, 0.25) is 0 Å². The lowest BCUT2D eigenvalue weighted by molar-refractivity contribution is 1.27. The number of hydrogen-bond donors (Lipinski definition) is 0. The van der Waals surface area contributed by atoms with Gasteiger partial charge >= 0.3 is 0 Å². The molecular formula is C36H25N. The third-order valence-electron chi connectivity index (χ3n) is 7.45. The Morgan fingerprint density at radius 3 is 1.68 bits per heavy atom. The first-order valence-corrected chi connectivity index (χ1v) is 12.7. The molecule has 0 unspecified atom stereocenters. The van der Waals surface area contributed by atoms with Gasteiger partial charge in [0.25, 0.3) is 0 Å². The molecule has 0 saturated heterocycles. The minimum atomic E-state index is 1.18. The van der Waals surface area contributed by atoms with Gasteiger partial charge in [-0.15, -0.1) is 0 Å². The van der Waals surface area contributed by atoms with Gasteiger partial charge in [0, 0.05) is 12.4 Å². The summed E-state index contributed by atoms with van der Waals surface area (Å²) < 4.78 is 0. The Morgan fingerprint density at radius 1 is 0.459 bits per heavy atom. The summed E-state index contributed by atoms with van der Waals surface area (Å²) >= 11 is 0. The molecule has 174 valence electrons. The van der Waals surface area contributed by atoms with E-state index >= 15 is 0 Å². The van der Waals surface area contributed by atoms with E-state index < -0.39 is 0 Å². The first kappa shape index (κ1) is 21.5. The van der Waals surface area contributed by atoms with Crippen LogP contribution in [0, 0.1) is 6.92 Å². The molecule has 7 rings (SSSR count). The molecule has 1 aromatic heterocycles. The molecule has 0 radical (unpaired) electrons. The monoisotopic (exact) mass is 471 g/mol. The van der Waals surface area contributed by atoms with Crippen molar-refractivity contribution in [2.75, 3.05) is 0 Å². The minimum Gasteiger partial charge on any atom is -0.264 e. The number of benzene rings is 6. The molecule has 0 atom stereocenters. The van der Waals surface area contributed by atoms with Crippen molar-refractivity contribution in [1.82, 2.24) is 4.98 Å².